The van der Waals surface area contributed by atoms with E-state index < -0.39 is 11.7 Å². The molecule has 0 saturated carbocycles. The van der Waals surface area contributed by atoms with Gasteiger partial charge in [-0.15, -0.1) is 11.3 Å². The van der Waals surface area contributed by atoms with Gasteiger partial charge in [0.05, 0.1) is 5.56 Å². The van der Waals surface area contributed by atoms with Crippen molar-refractivity contribution in [1.82, 2.24) is 0 Å². The first-order valence-corrected chi connectivity index (χ1v) is 7.94. The Labute approximate surface area is 140 Å². The molecule has 1 aromatic heterocycles. The highest BCUT2D eigenvalue weighted by Gasteiger charge is 2.29. The van der Waals surface area contributed by atoms with Crippen LogP contribution in [0.5, 0.6) is 0 Å². The van der Waals surface area contributed by atoms with E-state index in [1.807, 2.05) is 29.6 Å². The third-order valence-corrected chi connectivity index (χ3v) is 4.34. The summed E-state index contributed by atoms with van der Waals surface area (Å²) in [6.45, 7) is 0. The molecule has 0 saturated heterocycles. The second-order valence-electron chi connectivity index (χ2n) is 5.08. The Morgan fingerprint density at radius 2 is 1.58 bits per heavy atom. The van der Waals surface area contributed by atoms with Crippen molar-refractivity contribution in [2.24, 2.45) is 0 Å². The Bertz CT molecular complexity index is 822. The molecule has 1 amide bonds. The zero-order chi connectivity index (χ0) is 17.2. The van der Waals surface area contributed by atoms with E-state index in [1.54, 1.807) is 23.5 Å². The molecule has 0 spiro atoms. The number of benzene rings is 2. The number of amides is 1. The number of nitrogens with one attached hydrogen (secondary N) is 1. The van der Waals surface area contributed by atoms with Crippen LogP contribution < -0.4 is 5.32 Å². The van der Waals surface area contributed by atoms with Gasteiger partial charge in [0.15, 0.2) is 0 Å². The summed E-state index contributed by atoms with van der Waals surface area (Å²) in [6.07, 6.45) is -4.39. The predicted molar refractivity (Wildman–Crippen MR) is 89.2 cm³/mol. The third-order valence-electron chi connectivity index (χ3n) is 3.42. The summed E-state index contributed by atoms with van der Waals surface area (Å²) >= 11 is 1.60. The molecule has 0 aliphatic rings. The van der Waals surface area contributed by atoms with Gasteiger partial charge in [-0.05, 0) is 53.4 Å². The number of hydrogen-bond donors (Lipinski definition) is 1. The maximum absolute atomic E-state index is 12.5. The summed E-state index contributed by atoms with van der Waals surface area (Å²) in [5.74, 6) is -0.368. The number of carbonyl (C=O) groups is 1. The molecule has 1 N–H and O–H groups in total. The molecule has 1 heterocycles. The van der Waals surface area contributed by atoms with Gasteiger partial charge in [0.2, 0.25) is 0 Å². The SMILES string of the molecule is O=C(Nc1ccc(C(F)(F)F)cc1)c1ccc(-c2cccs2)cc1. The van der Waals surface area contributed by atoms with E-state index >= 15 is 0 Å². The standard InChI is InChI=1S/C18H12F3NOS/c19-18(20,21)14-7-9-15(10-8-14)22-17(23)13-5-3-12(4-6-13)16-2-1-11-24-16/h1-11H,(H,22,23). The van der Waals surface area contributed by atoms with Crippen molar-refractivity contribution in [3.05, 3.63) is 77.2 Å². The van der Waals surface area contributed by atoms with Crippen LogP contribution in [0, 0.1) is 0 Å². The van der Waals surface area contributed by atoms with Crippen molar-refractivity contribution in [3.63, 3.8) is 0 Å². The van der Waals surface area contributed by atoms with E-state index in [2.05, 4.69) is 5.32 Å². The van der Waals surface area contributed by atoms with Crippen LogP contribution >= 0.6 is 11.3 Å². The molecule has 2 nitrogen and oxygen atoms in total. The van der Waals surface area contributed by atoms with E-state index in [1.165, 1.54) is 12.1 Å². The van der Waals surface area contributed by atoms with Gasteiger partial charge < -0.3 is 5.32 Å². The summed E-state index contributed by atoms with van der Waals surface area (Å²) in [4.78, 5) is 13.3. The number of hydrogen-bond acceptors (Lipinski definition) is 2. The molecular formula is C18H12F3NOS. The lowest BCUT2D eigenvalue weighted by atomic mass is 10.1. The molecule has 3 aromatic rings. The lowest BCUT2D eigenvalue weighted by Gasteiger charge is -2.09. The number of thiophene rings is 1. The molecule has 24 heavy (non-hydrogen) atoms. The molecule has 0 fully saturated rings. The molecule has 0 aliphatic carbocycles. The van der Waals surface area contributed by atoms with Crippen molar-refractivity contribution >= 4 is 22.9 Å². The lowest BCUT2D eigenvalue weighted by molar-refractivity contribution is -0.137. The van der Waals surface area contributed by atoms with Crippen molar-refractivity contribution in [2.45, 2.75) is 6.18 Å². The second kappa shape index (κ2) is 6.49. The van der Waals surface area contributed by atoms with Gasteiger partial charge in [0.1, 0.15) is 0 Å². The Balaban J connectivity index is 1.71. The Kier molecular flexibility index (Phi) is 4.40. The summed E-state index contributed by atoms with van der Waals surface area (Å²) in [5, 5.41) is 4.56. The van der Waals surface area contributed by atoms with Gasteiger partial charge in [-0.2, -0.15) is 13.2 Å². The fourth-order valence-electron chi connectivity index (χ4n) is 2.17. The molecule has 0 aliphatic heterocycles. The molecule has 0 unspecified atom stereocenters. The fraction of sp³-hybridized carbons (Fsp3) is 0.0556. The highest BCUT2D eigenvalue weighted by molar-refractivity contribution is 7.13. The van der Waals surface area contributed by atoms with Crippen LogP contribution in [0.4, 0.5) is 18.9 Å². The largest absolute Gasteiger partial charge is 0.416 e. The number of carbonyl (C=O) groups excluding carboxylic acids is 1. The lowest BCUT2D eigenvalue weighted by Crippen LogP contribution is -2.12. The molecule has 6 heteroatoms. The van der Waals surface area contributed by atoms with Gasteiger partial charge in [-0.25, -0.2) is 0 Å². The maximum Gasteiger partial charge on any atom is 0.416 e. The summed E-state index contributed by atoms with van der Waals surface area (Å²) in [6, 6.07) is 15.4. The van der Waals surface area contributed by atoms with Gasteiger partial charge in [0, 0.05) is 16.1 Å². The van der Waals surface area contributed by atoms with Crippen LogP contribution in [0.1, 0.15) is 15.9 Å². The summed E-state index contributed by atoms with van der Waals surface area (Å²) < 4.78 is 37.5. The van der Waals surface area contributed by atoms with Crippen molar-refractivity contribution < 1.29 is 18.0 Å². The average Bonchev–Trinajstić information content (AvgIpc) is 3.09. The van der Waals surface area contributed by atoms with Gasteiger partial charge in [0.25, 0.3) is 5.91 Å². The van der Waals surface area contributed by atoms with E-state index in [9.17, 15) is 18.0 Å². The first-order chi connectivity index (χ1) is 11.4. The maximum atomic E-state index is 12.5. The highest BCUT2D eigenvalue weighted by atomic mass is 32.1. The summed E-state index contributed by atoms with van der Waals surface area (Å²) in [7, 11) is 0. The predicted octanol–water partition coefficient (Wildman–Crippen LogP) is 5.69. The normalized spacial score (nSPS) is 11.3. The van der Waals surface area contributed by atoms with E-state index in [0.29, 0.717) is 11.3 Å². The molecular weight excluding hydrogens is 335 g/mol. The van der Waals surface area contributed by atoms with Crippen molar-refractivity contribution in [2.75, 3.05) is 5.32 Å². The average molecular weight is 347 g/mol. The minimum absolute atomic E-state index is 0.315. The first-order valence-electron chi connectivity index (χ1n) is 7.06. The molecule has 2 aromatic carbocycles. The minimum atomic E-state index is -4.39. The Morgan fingerprint density at radius 3 is 2.12 bits per heavy atom. The van der Waals surface area contributed by atoms with Gasteiger partial charge in [-0.1, -0.05) is 18.2 Å². The number of rotatable bonds is 3. The van der Waals surface area contributed by atoms with Crippen molar-refractivity contribution in [3.8, 4) is 10.4 Å². The van der Waals surface area contributed by atoms with Gasteiger partial charge >= 0.3 is 6.18 Å². The van der Waals surface area contributed by atoms with E-state index in [4.69, 9.17) is 0 Å². The number of halogens is 3. The topological polar surface area (TPSA) is 29.1 Å². The number of alkyl halides is 3. The van der Waals surface area contributed by atoms with Crippen molar-refractivity contribution in [1.29, 1.82) is 0 Å². The Morgan fingerprint density at radius 1 is 0.917 bits per heavy atom. The van der Waals surface area contributed by atoms with E-state index in [-0.39, 0.29) is 5.91 Å². The van der Waals surface area contributed by atoms with Crippen LogP contribution in [-0.4, -0.2) is 5.91 Å². The monoisotopic (exact) mass is 347 g/mol. The highest BCUT2D eigenvalue weighted by Crippen LogP contribution is 2.30. The van der Waals surface area contributed by atoms with Crippen LogP contribution in [0.25, 0.3) is 10.4 Å². The molecule has 0 atom stereocenters. The van der Waals surface area contributed by atoms with Gasteiger partial charge in [-0.3, -0.25) is 4.79 Å². The van der Waals surface area contributed by atoms with Crippen LogP contribution in [-0.2, 0) is 6.18 Å². The molecule has 122 valence electrons. The minimum Gasteiger partial charge on any atom is -0.322 e. The molecule has 3 rings (SSSR count). The third kappa shape index (κ3) is 3.65. The molecule has 0 bridgehead atoms. The summed E-state index contributed by atoms with van der Waals surface area (Å²) in [5.41, 5.74) is 1.02. The second-order valence-corrected chi connectivity index (χ2v) is 6.03. The van der Waals surface area contributed by atoms with Crippen LogP contribution in [0.3, 0.4) is 0 Å². The quantitative estimate of drug-likeness (QED) is 0.648. The molecule has 0 radical (unpaired) electrons. The van der Waals surface area contributed by atoms with Crippen LogP contribution in [0.2, 0.25) is 0 Å². The van der Waals surface area contributed by atoms with Crippen LogP contribution in [0.15, 0.2) is 66.0 Å². The smallest absolute Gasteiger partial charge is 0.322 e. The number of anilines is 1. The zero-order valence-corrected chi connectivity index (χ0v) is 13.1. The fourth-order valence-corrected chi connectivity index (χ4v) is 2.91. The zero-order valence-electron chi connectivity index (χ0n) is 12.3. The Hall–Kier alpha value is -2.60. The first kappa shape index (κ1) is 16.3. The van der Waals surface area contributed by atoms with E-state index in [0.717, 1.165) is 22.6 Å².